The molecule has 1 amide bonds. The summed E-state index contributed by atoms with van der Waals surface area (Å²) in [5, 5.41) is 0.656. The molecule has 144 valence electrons. The lowest BCUT2D eigenvalue weighted by atomic mass is 9.97. The van der Waals surface area contributed by atoms with Crippen molar-refractivity contribution in [2.24, 2.45) is 0 Å². The molecular formula is C23H25N3O2. The number of piperidine rings is 1. The molecule has 0 aliphatic carbocycles. The lowest BCUT2D eigenvalue weighted by molar-refractivity contribution is -0.135. The Bertz CT molecular complexity index is 1010. The summed E-state index contributed by atoms with van der Waals surface area (Å²) in [5.41, 5.74) is 1.88. The first kappa shape index (κ1) is 18.4. The Morgan fingerprint density at radius 3 is 2.79 bits per heavy atom. The Balaban J connectivity index is 1.50. The molecule has 0 bridgehead atoms. The van der Waals surface area contributed by atoms with Gasteiger partial charge in [0.15, 0.2) is 5.43 Å². The summed E-state index contributed by atoms with van der Waals surface area (Å²) in [6.07, 6.45) is 8.64. The van der Waals surface area contributed by atoms with E-state index in [1.165, 1.54) is 0 Å². The van der Waals surface area contributed by atoms with Crippen molar-refractivity contribution in [3.63, 3.8) is 0 Å². The fourth-order valence-electron chi connectivity index (χ4n) is 4.12. The van der Waals surface area contributed by atoms with E-state index in [-0.39, 0.29) is 23.9 Å². The molecule has 0 radical (unpaired) electrons. The van der Waals surface area contributed by atoms with Gasteiger partial charge in [0.25, 0.3) is 0 Å². The molecule has 1 atom stereocenters. The number of hydrogen-bond donors (Lipinski definition) is 0. The zero-order valence-electron chi connectivity index (χ0n) is 16.0. The van der Waals surface area contributed by atoms with Crippen LogP contribution in [0.15, 0.2) is 65.7 Å². The second-order valence-corrected chi connectivity index (χ2v) is 7.42. The zero-order chi connectivity index (χ0) is 19.3. The third-order valence-corrected chi connectivity index (χ3v) is 5.60. The minimum Gasteiger partial charge on any atom is -0.338 e. The topological polar surface area (TPSA) is 55.2 Å². The van der Waals surface area contributed by atoms with Crippen molar-refractivity contribution in [3.05, 3.63) is 76.8 Å². The summed E-state index contributed by atoms with van der Waals surface area (Å²) in [7, 11) is 0. The summed E-state index contributed by atoms with van der Waals surface area (Å²) >= 11 is 0. The van der Waals surface area contributed by atoms with Crippen molar-refractivity contribution in [1.82, 2.24) is 14.5 Å². The Morgan fingerprint density at radius 2 is 1.93 bits per heavy atom. The molecule has 0 spiro atoms. The van der Waals surface area contributed by atoms with Crippen LogP contribution in [0.5, 0.6) is 0 Å². The van der Waals surface area contributed by atoms with Crippen LogP contribution in [0.1, 0.15) is 31.4 Å². The van der Waals surface area contributed by atoms with Crippen LogP contribution in [-0.4, -0.2) is 32.9 Å². The number of aromatic nitrogens is 2. The third-order valence-electron chi connectivity index (χ3n) is 5.60. The average molecular weight is 375 g/mol. The highest BCUT2D eigenvalue weighted by Crippen LogP contribution is 2.22. The number of amides is 1. The van der Waals surface area contributed by atoms with Crippen LogP contribution >= 0.6 is 0 Å². The van der Waals surface area contributed by atoms with Crippen LogP contribution in [0.2, 0.25) is 0 Å². The summed E-state index contributed by atoms with van der Waals surface area (Å²) in [5.74, 6) is 0.125. The van der Waals surface area contributed by atoms with E-state index in [4.69, 9.17) is 0 Å². The van der Waals surface area contributed by atoms with E-state index >= 15 is 0 Å². The molecule has 2 aromatic heterocycles. The molecule has 0 unspecified atom stereocenters. The van der Waals surface area contributed by atoms with Gasteiger partial charge in [-0.1, -0.05) is 18.2 Å². The second kappa shape index (κ2) is 8.38. The van der Waals surface area contributed by atoms with Gasteiger partial charge >= 0.3 is 0 Å². The Labute approximate surface area is 164 Å². The van der Waals surface area contributed by atoms with Gasteiger partial charge in [-0.15, -0.1) is 0 Å². The summed E-state index contributed by atoms with van der Waals surface area (Å²) in [6.45, 7) is 1.07. The molecule has 1 saturated heterocycles. The normalized spacial score (nSPS) is 17.0. The minimum atomic E-state index is -0.00879. The van der Waals surface area contributed by atoms with E-state index < -0.39 is 0 Å². The molecular weight excluding hydrogens is 350 g/mol. The second-order valence-electron chi connectivity index (χ2n) is 7.42. The van der Waals surface area contributed by atoms with Crippen molar-refractivity contribution in [3.8, 4) is 0 Å². The van der Waals surface area contributed by atoms with Gasteiger partial charge in [0.1, 0.15) is 6.54 Å². The number of fused-ring (bicyclic) bond motifs is 1. The third kappa shape index (κ3) is 3.98. The number of carbonyl (C=O) groups excluding carboxylic acids is 1. The molecule has 4 rings (SSSR count). The van der Waals surface area contributed by atoms with Crippen LogP contribution in [0.3, 0.4) is 0 Å². The summed E-state index contributed by atoms with van der Waals surface area (Å²) in [4.78, 5) is 31.7. The Morgan fingerprint density at radius 1 is 1.07 bits per heavy atom. The maximum Gasteiger partial charge on any atom is 0.242 e. The highest BCUT2D eigenvalue weighted by atomic mass is 16.2. The molecule has 3 aromatic rings. The van der Waals surface area contributed by atoms with Gasteiger partial charge in [0.05, 0.1) is 5.52 Å². The standard InChI is InChI=1S/C23H25N3O2/c27-22-13-16-25(21-10-2-1-9-20(21)22)17-23(28)26-15-6-4-8-19(26)12-11-18-7-3-5-14-24-18/h1-3,5,7,9-10,13-14,16,19H,4,6,8,11-12,15,17H2/t19-/m0/s1. The number of aryl methyl sites for hydroxylation is 1. The smallest absolute Gasteiger partial charge is 0.242 e. The molecule has 1 fully saturated rings. The maximum atomic E-state index is 13.1. The number of pyridine rings is 2. The molecule has 1 aliphatic rings. The number of nitrogens with zero attached hydrogens (tertiary/aromatic N) is 3. The lowest BCUT2D eigenvalue weighted by Gasteiger charge is -2.36. The molecule has 0 N–H and O–H groups in total. The van der Waals surface area contributed by atoms with E-state index in [0.717, 1.165) is 49.9 Å². The molecule has 1 aliphatic heterocycles. The largest absolute Gasteiger partial charge is 0.338 e. The highest BCUT2D eigenvalue weighted by Gasteiger charge is 2.26. The van der Waals surface area contributed by atoms with Crippen molar-refractivity contribution in [2.75, 3.05) is 6.54 Å². The molecule has 0 saturated carbocycles. The molecule has 3 heterocycles. The van der Waals surface area contributed by atoms with E-state index in [1.54, 1.807) is 12.3 Å². The van der Waals surface area contributed by atoms with E-state index in [2.05, 4.69) is 4.98 Å². The number of benzene rings is 1. The monoisotopic (exact) mass is 375 g/mol. The van der Waals surface area contributed by atoms with Gasteiger partial charge in [0, 0.05) is 42.1 Å². The number of rotatable bonds is 5. The van der Waals surface area contributed by atoms with Crippen LogP contribution < -0.4 is 5.43 Å². The predicted octanol–water partition coefficient (Wildman–Crippen LogP) is 3.41. The van der Waals surface area contributed by atoms with Gasteiger partial charge in [-0.2, -0.15) is 0 Å². The van der Waals surface area contributed by atoms with E-state index in [9.17, 15) is 9.59 Å². The number of carbonyl (C=O) groups is 1. The zero-order valence-corrected chi connectivity index (χ0v) is 16.0. The van der Waals surface area contributed by atoms with Crippen molar-refractivity contribution in [2.45, 2.75) is 44.7 Å². The van der Waals surface area contributed by atoms with Gasteiger partial charge in [-0.3, -0.25) is 14.6 Å². The number of hydrogen-bond acceptors (Lipinski definition) is 3. The summed E-state index contributed by atoms with van der Waals surface area (Å²) < 4.78 is 1.89. The Hall–Kier alpha value is -2.95. The number of likely N-dealkylation sites (tertiary alicyclic amines) is 1. The van der Waals surface area contributed by atoms with Crippen molar-refractivity contribution < 1.29 is 4.79 Å². The van der Waals surface area contributed by atoms with Crippen molar-refractivity contribution >= 4 is 16.8 Å². The van der Waals surface area contributed by atoms with Crippen molar-refractivity contribution in [1.29, 1.82) is 0 Å². The molecule has 5 heteroatoms. The van der Waals surface area contributed by atoms with E-state index in [1.807, 2.05) is 58.1 Å². The first-order valence-electron chi connectivity index (χ1n) is 10.00. The van der Waals surface area contributed by atoms with Crippen LogP contribution in [0, 0.1) is 0 Å². The highest BCUT2D eigenvalue weighted by molar-refractivity contribution is 5.82. The van der Waals surface area contributed by atoms with Gasteiger partial charge in [-0.05, 0) is 56.4 Å². The van der Waals surface area contributed by atoms with Crippen LogP contribution in [-0.2, 0) is 17.8 Å². The first-order valence-corrected chi connectivity index (χ1v) is 10.00. The quantitative estimate of drug-likeness (QED) is 0.687. The van der Waals surface area contributed by atoms with E-state index in [0.29, 0.717) is 5.39 Å². The van der Waals surface area contributed by atoms with Gasteiger partial charge in [0.2, 0.25) is 5.91 Å². The SMILES string of the molecule is O=C(Cn1ccc(=O)c2ccccc21)N1CCCC[C@H]1CCc1ccccn1. The molecule has 28 heavy (non-hydrogen) atoms. The minimum absolute atomic E-state index is 0.00879. The molecule has 5 nitrogen and oxygen atoms in total. The fourth-order valence-corrected chi connectivity index (χ4v) is 4.12. The molecule has 1 aromatic carbocycles. The van der Waals surface area contributed by atoms with Crippen LogP contribution in [0.25, 0.3) is 10.9 Å². The lowest BCUT2D eigenvalue weighted by Crippen LogP contribution is -2.45. The van der Waals surface area contributed by atoms with Gasteiger partial charge in [-0.25, -0.2) is 0 Å². The fraction of sp³-hybridized carbons (Fsp3) is 0.348. The van der Waals surface area contributed by atoms with Crippen LogP contribution in [0.4, 0.5) is 0 Å². The maximum absolute atomic E-state index is 13.1. The number of para-hydroxylation sites is 1. The predicted molar refractivity (Wildman–Crippen MR) is 110 cm³/mol. The summed E-state index contributed by atoms with van der Waals surface area (Å²) in [6, 6.07) is 15.3. The van der Waals surface area contributed by atoms with Gasteiger partial charge < -0.3 is 9.47 Å². The first-order chi connectivity index (χ1) is 13.7. The Kier molecular flexibility index (Phi) is 5.51. The average Bonchev–Trinajstić information content (AvgIpc) is 2.75.